The number of hydrogen-bond acceptors (Lipinski definition) is 4. The largest absolute Gasteiger partial charge is 0.337 e. The zero-order chi connectivity index (χ0) is 15.6. The van der Waals surface area contributed by atoms with Crippen LogP contribution in [0.15, 0.2) is 36.0 Å². The highest BCUT2D eigenvalue weighted by atomic mass is 32.1. The summed E-state index contributed by atoms with van der Waals surface area (Å²) in [6.45, 7) is 1.64. The number of carbonyl (C=O) groups is 1. The van der Waals surface area contributed by atoms with Gasteiger partial charge in [-0.15, -0.1) is 11.3 Å². The molecule has 4 nitrogen and oxygen atoms in total. The number of likely N-dealkylation sites (tertiary alicyclic amines) is 1. The van der Waals surface area contributed by atoms with Gasteiger partial charge >= 0.3 is 0 Å². The van der Waals surface area contributed by atoms with Crippen molar-refractivity contribution in [3.8, 4) is 0 Å². The molecule has 2 aromatic rings. The third kappa shape index (κ3) is 3.03. The van der Waals surface area contributed by atoms with Crippen molar-refractivity contribution in [3.05, 3.63) is 52.0 Å². The highest BCUT2D eigenvalue weighted by Crippen LogP contribution is 2.34. The SMILES string of the molecule is O=C(c1ccncc1)N1CC[C@H](N[C@@H]2CCCc3sccc32)C1. The summed E-state index contributed by atoms with van der Waals surface area (Å²) in [5.41, 5.74) is 2.22. The fourth-order valence-corrected chi connectivity index (χ4v) is 4.69. The van der Waals surface area contributed by atoms with Crippen LogP contribution in [0.1, 0.15) is 46.1 Å². The van der Waals surface area contributed by atoms with Crippen LogP contribution < -0.4 is 5.32 Å². The van der Waals surface area contributed by atoms with E-state index in [-0.39, 0.29) is 5.91 Å². The molecule has 1 N–H and O–H groups in total. The van der Waals surface area contributed by atoms with Crippen LogP contribution in [0.4, 0.5) is 0 Å². The van der Waals surface area contributed by atoms with Crippen LogP contribution in [-0.2, 0) is 6.42 Å². The van der Waals surface area contributed by atoms with Gasteiger partial charge in [-0.05, 0) is 54.8 Å². The van der Waals surface area contributed by atoms with Gasteiger partial charge in [0.15, 0.2) is 0 Å². The topological polar surface area (TPSA) is 45.2 Å². The van der Waals surface area contributed by atoms with Gasteiger partial charge in [-0.1, -0.05) is 0 Å². The Balaban J connectivity index is 1.39. The first-order chi connectivity index (χ1) is 11.3. The summed E-state index contributed by atoms with van der Waals surface area (Å²) < 4.78 is 0. The molecule has 2 atom stereocenters. The quantitative estimate of drug-likeness (QED) is 0.942. The molecule has 0 radical (unpaired) electrons. The third-order valence-corrected chi connectivity index (χ3v) is 5.89. The number of thiophene rings is 1. The van der Waals surface area contributed by atoms with E-state index in [9.17, 15) is 4.79 Å². The van der Waals surface area contributed by atoms with Crippen LogP contribution in [0.3, 0.4) is 0 Å². The standard InChI is InChI=1S/C18H21N3OS/c22-18(13-4-8-19-9-5-13)21-10-6-14(12-21)20-16-2-1-3-17-15(16)7-11-23-17/h4-5,7-9,11,14,16,20H,1-3,6,10,12H2/t14-,16+/m0/s1. The number of aromatic nitrogens is 1. The summed E-state index contributed by atoms with van der Waals surface area (Å²) >= 11 is 1.88. The summed E-state index contributed by atoms with van der Waals surface area (Å²) in [5, 5.41) is 6.00. The molecule has 2 aliphatic rings. The smallest absolute Gasteiger partial charge is 0.254 e. The molecule has 1 aliphatic heterocycles. The van der Waals surface area contributed by atoms with E-state index in [4.69, 9.17) is 0 Å². The normalized spacial score (nSPS) is 23.7. The molecule has 2 aromatic heterocycles. The summed E-state index contributed by atoms with van der Waals surface area (Å²) in [5.74, 6) is 0.122. The molecule has 120 valence electrons. The number of nitrogens with zero attached hydrogens (tertiary/aromatic N) is 2. The van der Waals surface area contributed by atoms with Gasteiger partial charge in [-0.3, -0.25) is 9.78 Å². The zero-order valence-corrected chi connectivity index (χ0v) is 13.9. The van der Waals surface area contributed by atoms with E-state index in [0.29, 0.717) is 12.1 Å². The number of carbonyl (C=O) groups excluding carboxylic acids is 1. The maximum atomic E-state index is 12.5. The number of rotatable bonds is 3. The lowest BCUT2D eigenvalue weighted by atomic mass is 9.93. The van der Waals surface area contributed by atoms with E-state index in [2.05, 4.69) is 21.7 Å². The fourth-order valence-electron chi connectivity index (χ4n) is 3.70. The lowest BCUT2D eigenvalue weighted by Gasteiger charge is -2.27. The van der Waals surface area contributed by atoms with Gasteiger partial charge in [-0.2, -0.15) is 0 Å². The predicted octanol–water partition coefficient (Wildman–Crippen LogP) is 3.02. The third-order valence-electron chi connectivity index (χ3n) is 4.89. The lowest BCUT2D eigenvalue weighted by Crippen LogP contribution is -2.38. The average molecular weight is 327 g/mol. The van der Waals surface area contributed by atoms with E-state index >= 15 is 0 Å². The van der Waals surface area contributed by atoms with E-state index in [1.54, 1.807) is 24.5 Å². The molecular weight excluding hydrogens is 306 g/mol. The van der Waals surface area contributed by atoms with Crippen LogP contribution in [0.25, 0.3) is 0 Å². The van der Waals surface area contributed by atoms with Gasteiger partial charge in [0.2, 0.25) is 0 Å². The van der Waals surface area contributed by atoms with Crippen molar-refractivity contribution in [2.75, 3.05) is 13.1 Å². The summed E-state index contributed by atoms with van der Waals surface area (Å²) in [4.78, 5) is 20.0. The molecule has 23 heavy (non-hydrogen) atoms. The minimum absolute atomic E-state index is 0.122. The van der Waals surface area contributed by atoms with Gasteiger partial charge in [0, 0.05) is 48.0 Å². The molecule has 0 aromatic carbocycles. The Morgan fingerprint density at radius 3 is 3.00 bits per heavy atom. The molecule has 3 heterocycles. The van der Waals surface area contributed by atoms with Crippen LogP contribution in [0.5, 0.6) is 0 Å². The van der Waals surface area contributed by atoms with E-state index in [1.807, 2.05) is 16.2 Å². The highest BCUT2D eigenvalue weighted by molar-refractivity contribution is 7.10. The summed E-state index contributed by atoms with van der Waals surface area (Å²) in [6.07, 6.45) is 8.09. The molecular formula is C18H21N3OS. The average Bonchev–Trinajstić information content (AvgIpc) is 3.25. The van der Waals surface area contributed by atoms with E-state index in [0.717, 1.165) is 25.1 Å². The maximum Gasteiger partial charge on any atom is 0.254 e. The van der Waals surface area contributed by atoms with Crippen LogP contribution in [0, 0.1) is 0 Å². The first kappa shape index (κ1) is 14.8. The van der Waals surface area contributed by atoms with Crippen molar-refractivity contribution >= 4 is 17.2 Å². The molecule has 0 saturated carbocycles. The molecule has 5 heteroatoms. The number of fused-ring (bicyclic) bond motifs is 1. The monoisotopic (exact) mass is 327 g/mol. The maximum absolute atomic E-state index is 12.5. The van der Waals surface area contributed by atoms with Crippen molar-refractivity contribution in [2.24, 2.45) is 0 Å². The fraction of sp³-hybridized carbons (Fsp3) is 0.444. The van der Waals surface area contributed by atoms with Crippen LogP contribution in [0.2, 0.25) is 0 Å². The first-order valence-corrected chi connectivity index (χ1v) is 9.21. The second kappa shape index (κ2) is 6.42. The van der Waals surface area contributed by atoms with E-state index < -0.39 is 0 Å². The Labute approximate surface area is 140 Å². The van der Waals surface area contributed by atoms with Crippen LogP contribution >= 0.6 is 11.3 Å². The molecule has 1 aliphatic carbocycles. The predicted molar refractivity (Wildman–Crippen MR) is 91.7 cm³/mol. The molecule has 0 bridgehead atoms. The van der Waals surface area contributed by atoms with Gasteiger partial charge in [0.25, 0.3) is 5.91 Å². The second-order valence-electron chi connectivity index (χ2n) is 6.38. The van der Waals surface area contributed by atoms with Gasteiger partial charge < -0.3 is 10.2 Å². The Morgan fingerprint density at radius 2 is 2.13 bits per heavy atom. The van der Waals surface area contributed by atoms with Crippen LogP contribution in [-0.4, -0.2) is 34.9 Å². The Morgan fingerprint density at radius 1 is 1.26 bits per heavy atom. The van der Waals surface area contributed by atoms with Crippen molar-refractivity contribution in [1.29, 1.82) is 0 Å². The molecule has 1 saturated heterocycles. The Kier molecular flexibility index (Phi) is 4.14. The number of nitrogens with one attached hydrogen (secondary N) is 1. The van der Waals surface area contributed by atoms with Gasteiger partial charge in [-0.25, -0.2) is 0 Å². The highest BCUT2D eigenvalue weighted by Gasteiger charge is 2.30. The number of pyridine rings is 1. The van der Waals surface area contributed by atoms with Gasteiger partial charge in [0.05, 0.1) is 0 Å². The van der Waals surface area contributed by atoms with Gasteiger partial charge in [0.1, 0.15) is 0 Å². The van der Waals surface area contributed by atoms with E-state index in [1.165, 1.54) is 29.7 Å². The minimum Gasteiger partial charge on any atom is -0.337 e. The summed E-state index contributed by atoms with van der Waals surface area (Å²) in [6, 6.07) is 6.72. The Bertz CT molecular complexity index is 685. The Hall–Kier alpha value is -1.72. The molecule has 0 spiro atoms. The van der Waals surface area contributed by atoms with Crippen molar-refractivity contribution in [1.82, 2.24) is 15.2 Å². The minimum atomic E-state index is 0.122. The number of hydrogen-bond donors (Lipinski definition) is 1. The van der Waals surface area contributed by atoms with Crippen molar-refractivity contribution in [2.45, 2.75) is 37.8 Å². The number of aryl methyl sites for hydroxylation is 1. The molecule has 0 unspecified atom stereocenters. The number of amides is 1. The molecule has 4 rings (SSSR count). The van der Waals surface area contributed by atoms with Crippen molar-refractivity contribution in [3.63, 3.8) is 0 Å². The molecule has 1 amide bonds. The lowest BCUT2D eigenvalue weighted by molar-refractivity contribution is 0.0788. The summed E-state index contributed by atoms with van der Waals surface area (Å²) in [7, 11) is 0. The second-order valence-corrected chi connectivity index (χ2v) is 7.38. The molecule has 1 fully saturated rings. The zero-order valence-electron chi connectivity index (χ0n) is 13.1. The van der Waals surface area contributed by atoms with Crippen molar-refractivity contribution < 1.29 is 4.79 Å². The first-order valence-electron chi connectivity index (χ1n) is 8.33.